The fraction of sp³-hybridized carbons (Fsp3) is 0.172. The fourth-order valence-electron chi connectivity index (χ4n) is 4.60. The van der Waals surface area contributed by atoms with Gasteiger partial charge in [-0.15, -0.1) is 0 Å². The number of anilines is 2. The van der Waals surface area contributed by atoms with Gasteiger partial charge in [0.05, 0.1) is 35.1 Å². The second kappa shape index (κ2) is 11.4. The molecule has 2 atom stereocenters. The highest BCUT2D eigenvalue weighted by Gasteiger charge is 2.43. The second-order valence-corrected chi connectivity index (χ2v) is 9.78. The lowest BCUT2D eigenvalue weighted by molar-refractivity contribution is -0.115. The van der Waals surface area contributed by atoms with E-state index < -0.39 is 12.0 Å². The summed E-state index contributed by atoms with van der Waals surface area (Å²) in [6, 6.07) is 18.2. The lowest BCUT2D eigenvalue weighted by Crippen LogP contribution is -2.29. The summed E-state index contributed by atoms with van der Waals surface area (Å²) in [7, 11) is 1.53. The van der Waals surface area contributed by atoms with Crippen molar-refractivity contribution in [2.45, 2.75) is 25.4 Å². The molecule has 204 valence electrons. The minimum Gasteiger partial charge on any atom is -0.494 e. The number of benzene rings is 2. The molecule has 4 aromatic rings. The van der Waals surface area contributed by atoms with E-state index in [0.29, 0.717) is 50.8 Å². The Morgan fingerprint density at radius 3 is 2.70 bits per heavy atom. The van der Waals surface area contributed by atoms with E-state index in [2.05, 4.69) is 15.6 Å². The number of furan rings is 1. The van der Waals surface area contributed by atoms with Gasteiger partial charge in [-0.1, -0.05) is 24.6 Å². The predicted octanol–water partition coefficient (Wildman–Crippen LogP) is 6.23. The molecule has 0 bridgehead atoms. The van der Waals surface area contributed by atoms with Crippen LogP contribution in [-0.2, 0) is 4.79 Å². The number of hydrogen-bond acceptors (Lipinski definition) is 6. The molecule has 0 aliphatic carbocycles. The van der Waals surface area contributed by atoms with Crippen LogP contribution >= 0.6 is 23.8 Å². The van der Waals surface area contributed by atoms with E-state index in [1.807, 2.05) is 35.2 Å². The zero-order valence-electron chi connectivity index (χ0n) is 21.6. The van der Waals surface area contributed by atoms with Crippen LogP contribution in [0.15, 0.2) is 77.3 Å². The zero-order chi connectivity index (χ0) is 28.4. The Labute approximate surface area is 240 Å². The number of nitrogens with one attached hydrogen (secondary N) is 2. The molecular formula is C29H25ClN4O5S. The molecule has 0 saturated carbocycles. The summed E-state index contributed by atoms with van der Waals surface area (Å²) in [4.78, 5) is 30.0. The number of thiocarbonyl (C=S) groups is 1. The molecule has 1 amide bonds. The Balaban J connectivity index is 1.59. The summed E-state index contributed by atoms with van der Waals surface area (Å²) in [6.07, 6.45) is 2.04. The monoisotopic (exact) mass is 576 g/mol. The molecule has 1 fully saturated rings. The van der Waals surface area contributed by atoms with Gasteiger partial charge < -0.3 is 29.8 Å². The lowest BCUT2D eigenvalue weighted by Gasteiger charge is -2.27. The minimum absolute atomic E-state index is 0.0939. The quantitative estimate of drug-likeness (QED) is 0.210. The molecule has 2 aromatic heterocycles. The van der Waals surface area contributed by atoms with Crippen LogP contribution in [0.4, 0.5) is 11.4 Å². The molecule has 0 radical (unpaired) electrons. The van der Waals surface area contributed by atoms with Crippen molar-refractivity contribution in [3.05, 3.63) is 95.0 Å². The van der Waals surface area contributed by atoms with Crippen LogP contribution in [0.2, 0.25) is 5.02 Å². The van der Waals surface area contributed by atoms with E-state index in [4.69, 9.17) is 33.0 Å². The maximum Gasteiger partial charge on any atom is 0.335 e. The molecule has 2 aromatic carbocycles. The first kappa shape index (κ1) is 27.2. The van der Waals surface area contributed by atoms with Crippen LogP contribution in [0, 0.1) is 0 Å². The Bertz CT molecular complexity index is 1590. The topological polar surface area (TPSA) is 117 Å². The highest BCUT2D eigenvalue weighted by Crippen LogP contribution is 2.45. The van der Waals surface area contributed by atoms with Crippen molar-refractivity contribution in [1.82, 2.24) is 10.3 Å². The Morgan fingerprint density at radius 1 is 1.18 bits per heavy atom. The first-order chi connectivity index (χ1) is 19.3. The molecule has 3 N–H and O–H groups in total. The molecule has 9 nitrogen and oxygen atoms in total. The fourth-order valence-corrected chi connectivity index (χ4v) is 5.15. The van der Waals surface area contributed by atoms with E-state index in [0.717, 1.165) is 5.69 Å². The van der Waals surface area contributed by atoms with Crippen LogP contribution in [0.1, 0.15) is 47.2 Å². The van der Waals surface area contributed by atoms with Crippen molar-refractivity contribution in [3.63, 3.8) is 0 Å². The van der Waals surface area contributed by atoms with Gasteiger partial charge in [0.2, 0.25) is 5.91 Å². The number of ether oxygens (including phenoxy) is 1. The van der Waals surface area contributed by atoms with Gasteiger partial charge in [-0.05, 0) is 66.8 Å². The number of rotatable bonds is 8. The van der Waals surface area contributed by atoms with Gasteiger partial charge in [-0.3, -0.25) is 9.78 Å². The Hall–Kier alpha value is -4.41. The van der Waals surface area contributed by atoms with Crippen LogP contribution < -0.4 is 20.3 Å². The third-order valence-electron chi connectivity index (χ3n) is 6.55. The predicted molar refractivity (Wildman–Crippen MR) is 156 cm³/mol. The van der Waals surface area contributed by atoms with Gasteiger partial charge in [-0.25, -0.2) is 4.79 Å². The van der Waals surface area contributed by atoms with Crippen molar-refractivity contribution in [3.8, 4) is 17.1 Å². The minimum atomic E-state index is -1.07. The van der Waals surface area contributed by atoms with E-state index in [9.17, 15) is 14.7 Å². The van der Waals surface area contributed by atoms with E-state index >= 15 is 0 Å². The normalized spacial score (nSPS) is 16.5. The number of carboxylic acid groups (broad SMARTS) is 1. The molecule has 3 heterocycles. The molecule has 1 aliphatic rings. The molecule has 40 heavy (non-hydrogen) atoms. The van der Waals surface area contributed by atoms with Gasteiger partial charge in [0.1, 0.15) is 23.3 Å². The number of amides is 1. The van der Waals surface area contributed by atoms with Gasteiger partial charge in [0, 0.05) is 29.9 Å². The maximum absolute atomic E-state index is 12.0. The molecule has 5 rings (SSSR count). The summed E-state index contributed by atoms with van der Waals surface area (Å²) < 4.78 is 11.9. The summed E-state index contributed by atoms with van der Waals surface area (Å²) in [6.45, 7) is 1.77. The molecule has 1 saturated heterocycles. The summed E-state index contributed by atoms with van der Waals surface area (Å²) >= 11 is 12.2. The first-order valence-electron chi connectivity index (χ1n) is 12.4. The highest BCUT2D eigenvalue weighted by atomic mass is 35.5. The lowest BCUT2D eigenvalue weighted by atomic mass is 10.0. The van der Waals surface area contributed by atoms with E-state index in [1.165, 1.54) is 25.3 Å². The number of carbonyl (C=O) groups excluding carboxylic acids is 1. The van der Waals surface area contributed by atoms with Gasteiger partial charge in [0.15, 0.2) is 5.11 Å². The summed E-state index contributed by atoms with van der Waals surface area (Å²) in [5.41, 5.74) is 2.55. The molecule has 1 aliphatic heterocycles. The van der Waals surface area contributed by atoms with Crippen molar-refractivity contribution < 1.29 is 23.8 Å². The van der Waals surface area contributed by atoms with Crippen LogP contribution in [-0.4, -0.2) is 34.2 Å². The highest BCUT2D eigenvalue weighted by molar-refractivity contribution is 7.80. The van der Waals surface area contributed by atoms with Gasteiger partial charge in [-0.2, -0.15) is 0 Å². The number of hydrogen-bond donors (Lipinski definition) is 3. The average molecular weight is 577 g/mol. The Morgan fingerprint density at radius 2 is 2.00 bits per heavy atom. The van der Waals surface area contributed by atoms with Gasteiger partial charge >= 0.3 is 5.97 Å². The molecule has 0 spiro atoms. The molecule has 0 unspecified atom stereocenters. The smallest absolute Gasteiger partial charge is 0.335 e. The number of halogens is 1. The molecule has 11 heteroatoms. The largest absolute Gasteiger partial charge is 0.494 e. The third-order valence-corrected chi connectivity index (χ3v) is 7.20. The number of aromatic carboxylic acids is 1. The second-order valence-electron chi connectivity index (χ2n) is 8.98. The average Bonchev–Trinajstić information content (AvgIpc) is 3.58. The van der Waals surface area contributed by atoms with Crippen LogP contribution in [0.5, 0.6) is 5.75 Å². The number of pyridine rings is 1. The van der Waals surface area contributed by atoms with Crippen molar-refractivity contribution >= 4 is 52.2 Å². The first-order valence-corrected chi connectivity index (χ1v) is 13.2. The van der Waals surface area contributed by atoms with Crippen molar-refractivity contribution in [2.24, 2.45) is 0 Å². The van der Waals surface area contributed by atoms with Crippen molar-refractivity contribution in [1.29, 1.82) is 0 Å². The zero-order valence-corrected chi connectivity index (χ0v) is 23.1. The van der Waals surface area contributed by atoms with Gasteiger partial charge in [0.25, 0.3) is 0 Å². The number of carbonyl (C=O) groups is 2. The van der Waals surface area contributed by atoms with E-state index in [-0.39, 0.29) is 17.5 Å². The maximum atomic E-state index is 12.0. The number of nitrogens with zero attached hydrogens (tertiary/aromatic N) is 2. The third kappa shape index (κ3) is 5.23. The van der Waals surface area contributed by atoms with E-state index in [1.54, 1.807) is 31.3 Å². The number of aromatic nitrogens is 1. The molecular weight excluding hydrogens is 552 g/mol. The van der Waals surface area contributed by atoms with Crippen molar-refractivity contribution in [2.75, 3.05) is 17.3 Å². The Kier molecular flexibility index (Phi) is 7.72. The van der Waals surface area contributed by atoms with Crippen LogP contribution in [0.25, 0.3) is 11.3 Å². The number of carboxylic acids is 1. The standard InChI is InChI=1S/C29H25ClN4O5S/c1-3-25(35)32-20-10-8-17(15-24(20)38-2)34-27(26(33-29(34)40)21-6-4-5-13-31-21)23-12-11-22(39-23)18-14-16(28(36)37)7-9-19(18)30/h4-15,26-27H,3H2,1-2H3,(H,32,35)(H,33,40)(H,36,37)/t26-,27+/m1/s1. The van der Waals surface area contributed by atoms with Crippen LogP contribution in [0.3, 0.4) is 0 Å². The SMILES string of the molecule is CCC(=O)Nc1ccc(N2C(=S)N[C@H](c3ccccn3)[C@@H]2c2ccc(-c3cc(C(=O)O)ccc3Cl)o2)cc1OC. The summed E-state index contributed by atoms with van der Waals surface area (Å²) in [5.74, 6) is 0.239. The number of methoxy groups -OCH3 is 1. The summed E-state index contributed by atoms with van der Waals surface area (Å²) in [5, 5.41) is 16.5.